The number of esters is 1. The van der Waals surface area contributed by atoms with Crippen LogP contribution in [-0.2, 0) is 14.3 Å². The molecule has 1 unspecified atom stereocenters. The first-order valence-electron chi connectivity index (χ1n) is 7.06. The Morgan fingerprint density at radius 2 is 2.29 bits per heavy atom. The number of fused-ring (bicyclic) bond motifs is 1. The topological polar surface area (TPSA) is 81.9 Å². The van der Waals surface area contributed by atoms with Gasteiger partial charge in [-0.15, -0.1) is 0 Å². The molecule has 0 aliphatic carbocycles. The van der Waals surface area contributed by atoms with Crippen LogP contribution in [0.1, 0.15) is 26.7 Å². The summed E-state index contributed by atoms with van der Waals surface area (Å²) in [6, 6.07) is 4.40. The second-order valence-corrected chi connectivity index (χ2v) is 4.94. The third kappa shape index (κ3) is 3.09. The number of rotatable bonds is 5. The number of nitrogens with two attached hydrogens (primary N) is 1. The Labute approximate surface area is 123 Å². The zero-order valence-electron chi connectivity index (χ0n) is 12.3. The number of nitrogens with zero attached hydrogens (tertiary/aromatic N) is 1. The number of para-hydroxylation sites is 1. The summed E-state index contributed by atoms with van der Waals surface area (Å²) in [6.45, 7) is 3.89. The fourth-order valence-corrected chi connectivity index (χ4v) is 2.20. The van der Waals surface area contributed by atoms with Gasteiger partial charge < -0.3 is 15.2 Å². The Kier molecular flexibility index (Phi) is 4.67. The molecule has 0 saturated heterocycles. The van der Waals surface area contributed by atoms with Gasteiger partial charge in [-0.3, -0.25) is 9.69 Å². The van der Waals surface area contributed by atoms with Crippen LogP contribution in [0.2, 0.25) is 0 Å². The van der Waals surface area contributed by atoms with Gasteiger partial charge in [-0.2, -0.15) is 0 Å². The molecule has 1 aromatic rings. The first-order chi connectivity index (χ1) is 10.1. The van der Waals surface area contributed by atoms with Crippen molar-refractivity contribution in [3.63, 3.8) is 0 Å². The highest BCUT2D eigenvalue weighted by Gasteiger charge is 2.35. The van der Waals surface area contributed by atoms with Crippen molar-refractivity contribution >= 4 is 23.3 Å². The average Bonchev–Trinajstić information content (AvgIpc) is 2.47. The van der Waals surface area contributed by atoms with Crippen LogP contribution in [0.5, 0.6) is 5.75 Å². The van der Waals surface area contributed by atoms with Crippen LogP contribution in [0, 0.1) is 0 Å². The lowest BCUT2D eigenvalue weighted by Crippen LogP contribution is -2.49. The molecule has 6 nitrogen and oxygen atoms in total. The molecule has 1 amide bonds. The van der Waals surface area contributed by atoms with Crippen LogP contribution < -0.4 is 15.4 Å². The Morgan fingerprint density at radius 1 is 1.52 bits per heavy atom. The summed E-state index contributed by atoms with van der Waals surface area (Å²) in [5.74, 6) is -0.240. The molecule has 1 aromatic carbocycles. The van der Waals surface area contributed by atoms with Crippen molar-refractivity contribution in [2.45, 2.75) is 32.7 Å². The minimum absolute atomic E-state index is 0.108. The van der Waals surface area contributed by atoms with E-state index in [1.54, 1.807) is 25.1 Å². The number of hydrogen-bond acceptors (Lipinski definition) is 5. The number of ether oxygens (including phenoxy) is 2. The molecule has 1 aliphatic heterocycles. The first kappa shape index (κ1) is 15.2. The van der Waals surface area contributed by atoms with Crippen LogP contribution in [-0.4, -0.2) is 31.1 Å². The molecule has 0 bridgehead atoms. The van der Waals surface area contributed by atoms with E-state index < -0.39 is 12.0 Å². The Hall–Kier alpha value is -2.24. The number of amides is 1. The van der Waals surface area contributed by atoms with E-state index in [-0.39, 0.29) is 12.5 Å². The number of nitrogen functional groups attached to an aromatic ring is 1. The SMILES string of the molecule is CCCCOC(=O)C(C)N1C(=O)COc2cccc(N)c21. The van der Waals surface area contributed by atoms with E-state index >= 15 is 0 Å². The van der Waals surface area contributed by atoms with Gasteiger partial charge in [0.1, 0.15) is 17.5 Å². The largest absolute Gasteiger partial charge is 0.481 e. The second-order valence-electron chi connectivity index (χ2n) is 4.94. The lowest BCUT2D eigenvalue weighted by molar-refractivity contribution is -0.146. The van der Waals surface area contributed by atoms with Gasteiger partial charge >= 0.3 is 5.97 Å². The highest BCUT2D eigenvalue weighted by molar-refractivity contribution is 6.05. The standard InChI is InChI=1S/C15H20N2O4/c1-3-4-8-20-15(19)10(2)17-13(18)9-21-12-7-5-6-11(16)14(12)17/h5-7,10H,3-4,8-9,16H2,1-2H3. The normalized spacial score (nSPS) is 15.1. The number of benzene rings is 1. The molecule has 2 rings (SSSR count). The van der Waals surface area contributed by atoms with Gasteiger partial charge in [-0.05, 0) is 25.5 Å². The molecule has 0 saturated carbocycles. The Morgan fingerprint density at radius 3 is 3.00 bits per heavy atom. The van der Waals surface area contributed by atoms with E-state index in [1.807, 2.05) is 6.92 Å². The Balaban J connectivity index is 2.22. The molecule has 0 spiro atoms. The molecule has 2 N–H and O–H groups in total. The van der Waals surface area contributed by atoms with E-state index in [9.17, 15) is 9.59 Å². The molecule has 1 aliphatic rings. The van der Waals surface area contributed by atoms with Crippen molar-refractivity contribution in [2.24, 2.45) is 0 Å². The molecule has 1 atom stereocenters. The van der Waals surface area contributed by atoms with Crippen molar-refractivity contribution < 1.29 is 19.1 Å². The smallest absolute Gasteiger partial charge is 0.328 e. The average molecular weight is 292 g/mol. The summed E-state index contributed by atoms with van der Waals surface area (Å²) in [5.41, 5.74) is 6.76. The fraction of sp³-hybridized carbons (Fsp3) is 0.467. The summed E-state index contributed by atoms with van der Waals surface area (Å²) in [6.07, 6.45) is 1.74. The Bertz CT molecular complexity index is 544. The highest BCUT2D eigenvalue weighted by atomic mass is 16.5. The fourth-order valence-electron chi connectivity index (χ4n) is 2.20. The van der Waals surface area contributed by atoms with E-state index in [0.717, 1.165) is 12.8 Å². The quantitative estimate of drug-likeness (QED) is 0.507. The van der Waals surface area contributed by atoms with Gasteiger partial charge in [0.15, 0.2) is 6.61 Å². The third-order valence-electron chi connectivity index (χ3n) is 3.36. The predicted octanol–water partition coefficient (Wildman–Crippen LogP) is 1.73. The van der Waals surface area contributed by atoms with Crippen LogP contribution in [0.3, 0.4) is 0 Å². The van der Waals surface area contributed by atoms with Gasteiger partial charge in [-0.25, -0.2) is 4.79 Å². The van der Waals surface area contributed by atoms with Crippen LogP contribution in [0.25, 0.3) is 0 Å². The zero-order valence-corrected chi connectivity index (χ0v) is 12.3. The zero-order chi connectivity index (χ0) is 15.4. The first-order valence-corrected chi connectivity index (χ1v) is 7.06. The van der Waals surface area contributed by atoms with E-state index in [0.29, 0.717) is 23.7 Å². The molecule has 6 heteroatoms. The molecule has 0 radical (unpaired) electrons. The lowest BCUT2D eigenvalue weighted by Gasteiger charge is -2.33. The van der Waals surface area contributed by atoms with Crippen molar-refractivity contribution in [3.05, 3.63) is 18.2 Å². The summed E-state index contributed by atoms with van der Waals surface area (Å²) in [7, 11) is 0. The maximum absolute atomic E-state index is 12.1. The van der Waals surface area contributed by atoms with Gasteiger partial charge in [0.2, 0.25) is 0 Å². The van der Waals surface area contributed by atoms with E-state index in [1.165, 1.54) is 4.90 Å². The molecule has 1 heterocycles. The van der Waals surface area contributed by atoms with Gasteiger partial charge in [0, 0.05) is 0 Å². The number of anilines is 2. The van der Waals surface area contributed by atoms with Crippen molar-refractivity contribution in [2.75, 3.05) is 23.8 Å². The van der Waals surface area contributed by atoms with Gasteiger partial charge in [0.25, 0.3) is 5.91 Å². The van der Waals surface area contributed by atoms with E-state index in [2.05, 4.69) is 0 Å². The molecule has 0 aromatic heterocycles. The number of carbonyl (C=O) groups is 2. The number of hydrogen-bond donors (Lipinski definition) is 1. The molecule has 0 fully saturated rings. The predicted molar refractivity (Wildman–Crippen MR) is 79.2 cm³/mol. The second kappa shape index (κ2) is 6.47. The van der Waals surface area contributed by atoms with Crippen LogP contribution >= 0.6 is 0 Å². The van der Waals surface area contributed by atoms with Crippen LogP contribution in [0.15, 0.2) is 18.2 Å². The monoisotopic (exact) mass is 292 g/mol. The summed E-state index contributed by atoms with van der Waals surface area (Å²) < 4.78 is 10.5. The highest BCUT2D eigenvalue weighted by Crippen LogP contribution is 2.38. The molecular formula is C15H20N2O4. The lowest BCUT2D eigenvalue weighted by atomic mass is 10.1. The minimum atomic E-state index is -0.735. The van der Waals surface area contributed by atoms with Gasteiger partial charge in [-0.1, -0.05) is 19.4 Å². The molecule has 21 heavy (non-hydrogen) atoms. The van der Waals surface area contributed by atoms with Gasteiger partial charge in [0.05, 0.1) is 12.3 Å². The number of carbonyl (C=O) groups excluding carboxylic acids is 2. The number of unbranched alkanes of at least 4 members (excludes halogenated alkanes) is 1. The minimum Gasteiger partial charge on any atom is -0.481 e. The molecular weight excluding hydrogens is 272 g/mol. The van der Waals surface area contributed by atoms with Crippen molar-refractivity contribution in [3.8, 4) is 5.75 Å². The van der Waals surface area contributed by atoms with Crippen LogP contribution in [0.4, 0.5) is 11.4 Å². The van der Waals surface area contributed by atoms with Crippen molar-refractivity contribution in [1.82, 2.24) is 0 Å². The third-order valence-corrected chi connectivity index (χ3v) is 3.36. The van der Waals surface area contributed by atoms with E-state index in [4.69, 9.17) is 15.2 Å². The summed E-state index contributed by atoms with van der Waals surface area (Å²) in [4.78, 5) is 25.6. The molecule has 114 valence electrons. The van der Waals surface area contributed by atoms with Crippen molar-refractivity contribution in [1.29, 1.82) is 0 Å². The summed E-state index contributed by atoms with van der Waals surface area (Å²) >= 11 is 0. The maximum atomic E-state index is 12.1. The summed E-state index contributed by atoms with van der Waals surface area (Å²) in [5, 5.41) is 0. The maximum Gasteiger partial charge on any atom is 0.328 e.